The number of non-ortho nitro benzene ring substituents is 1. The first-order valence-corrected chi connectivity index (χ1v) is 9.77. The van der Waals surface area contributed by atoms with Gasteiger partial charge in [0, 0.05) is 61.2 Å². The van der Waals surface area contributed by atoms with Gasteiger partial charge in [-0.25, -0.2) is 9.97 Å². The standard InChI is InChI=1S/C20H25N5O3/c1-14-11-19(22-16-5-8-24(9-6-16)18-7-10-28-13-18)23-20(21-14)15-3-2-4-17(12-15)25(26)27/h2-4,11-12,16,18H,5-10,13H2,1H3,(H,21,22,23). The number of anilines is 1. The molecule has 8 nitrogen and oxygen atoms in total. The summed E-state index contributed by atoms with van der Waals surface area (Å²) in [6.45, 7) is 5.77. The van der Waals surface area contributed by atoms with Gasteiger partial charge >= 0.3 is 0 Å². The number of nitro groups is 1. The molecule has 28 heavy (non-hydrogen) atoms. The largest absolute Gasteiger partial charge is 0.380 e. The number of rotatable bonds is 5. The zero-order valence-electron chi connectivity index (χ0n) is 16.0. The van der Waals surface area contributed by atoms with E-state index in [1.165, 1.54) is 12.1 Å². The summed E-state index contributed by atoms with van der Waals surface area (Å²) in [6.07, 6.45) is 3.26. The second kappa shape index (κ2) is 8.20. The smallest absolute Gasteiger partial charge is 0.270 e. The maximum Gasteiger partial charge on any atom is 0.270 e. The predicted molar refractivity (Wildman–Crippen MR) is 106 cm³/mol. The molecule has 2 aliphatic rings. The number of aromatic nitrogens is 2. The van der Waals surface area contributed by atoms with Gasteiger partial charge in [0.2, 0.25) is 0 Å². The van der Waals surface area contributed by atoms with Crippen LogP contribution in [-0.4, -0.2) is 58.2 Å². The summed E-state index contributed by atoms with van der Waals surface area (Å²) in [7, 11) is 0. The predicted octanol–water partition coefficient (Wildman–Crippen LogP) is 3.03. The van der Waals surface area contributed by atoms with E-state index >= 15 is 0 Å². The molecule has 0 amide bonds. The molecule has 0 saturated carbocycles. The Morgan fingerprint density at radius 1 is 1.21 bits per heavy atom. The molecule has 148 valence electrons. The van der Waals surface area contributed by atoms with Gasteiger partial charge in [0.05, 0.1) is 11.5 Å². The van der Waals surface area contributed by atoms with Crippen molar-refractivity contribution in [2.24, 2.45) is 0 Å². The Kier molecular flexibility index (Phi) is 5.50. The molecular formula is C20H25N5O3. The van der Waals surface area contributed by atoms with Crippen molar-refractivity contribution < 1.29 is 9.66 Å². The highest BCUT2D eigenvalue weighted by molar-refractivity contribution is 5.61. The lowest BCUT2D eigenvalue weighted by Crippen LogP contribution is -2.44. The number of hydrogen-bond donors (Lipinski definition) is 1. The molecule has 2 aliphatic heterocycles. The number of benzene rings is 1. The van der Waals surface area contributed by atoms with Crippen LogP contribution in [0.4, 0.5) is 11.5 Å². The topological polar surface area (TPSA) is 93.4 Å². The van der Waals surface area contributed by atoms with E-state index in [0.717, 1.165) is 57.1 Å². The zero-order valence-corrected chi connectivity index (χ0v) is 16.0. The van der Waals surface area contributed by atoms with E-state index in [-0.39, 0.29) is 5.69 Å². The van der Waals surface area contributed by atoms with Crippen molar-refractivity contribution in [1.82, 2.24) is 14.9 Å². The number of aryl methyl sites for hydroxylation is 1. The van der Waals surface area contributed by atoms with Crippen LogP contribution >= 0.6 is 0 Å². The fraction of sp³-hybridized carbons (Fsp3) is 0.500. The van der Waals surface area contributed by atoms with Crippen molar-refractivity contribution in [3.8, 4) is 11.4 Å². The molecule has 1 aromatic carbocycles. The average molecular weight is 383 g/mol. The monoisotopic (exact) mass is 383 g/mol. The van der Waals surface area contributed by atoms with Crippen LogP contribution in [0.3, 0.4) is 0 Å². The van der Waals surface area contributed by atoms with Crippen molar-refractivity contribution >= 4 is 11.5 Å². The first-order valence-electron chi connectivity index (χ1n) is 9.77. The lowest BCUT2D eigenvalue weighted by molar-refractivity contribution is -0.384. The van der Waals surface area contributed by atoms with Gasteiger partial charge in [-0.05, 0) is 26.2 Å². The Morgan fingerprint density at radius 2 is 2.04 bits per heavy atom. The summed E-state index contributed by atoms with van der Waals surface area (Å²) in [5.41, 5.74) is 1.52. The molecule has 2 aromatic rings. The number of nitrogens with zero attached hydrogens (tertiary/aromatic N) is 4. The molecule has 2 saturated heterocycles. The summed E-state index contributed by atoms with van der Waals surface area (Å²) in [5, 5.41) is 14.6. The fourth-order valence-corrected chi connectivity index (χ4v) is 3.96. The van der Waals surface area contributed by atoms with Gasteiger partial charge in [0.15, 0.2) is 5.82 Å². The van der Waals surface area contributed by atoms with E-state index in [1.807, 2.05) is 13.0 Å². The van der Waals surface area contributed by atoms with Gasteiger partial charge in [-0.1, -0.05) is 12.1 Å². The van der Waals surface area contributed by atoms with Crippen molar-refractivity contribution in [2.75, 3.05) is 31.6 Å². The number of nitro benzene ring substituents is 1. The average Bonchev–Trinajstić information content (AvgIpc) is 3.23. The van der Waals surface area contributed by atoms with Gasteiger partial charge in [0.25, 0.3) is 5.69 Å². The first kappa shape index (κ1) is 18.8. The van der Waals surface area contributed by atoms with Crippen molar-refractivity contribution in [3.05, 3.63) is 46.1 Å². The lowest BCUT2D eigenvalue weighted by Gasteiger charge is -2.35. The summed E-state index contributed by atoms with van der Waals surface area (Å²) in [4.78, 5) is 22.3. The van der Waals surface area contributed by atoms with Crippen LogP contribution in [-0.2, 0) is 4.74 Å². The highest BCUT2D eigenvalue weighted by Crippen LogP contribution is 2.24. The van der Waals surface area contributed by atoms with Crippen LogP contribution in [0, 0.1) is 17.0 Å². The molecule has 1 N–H and O–H groups in total. The van der Waals surface area contributed by atoms with E-state index in [1.54, 1.807) is 12.1 Å². The van der Waals surface area contributed by atoms with Gasteiger partial charge in [-0.3, -0.25) is 15.0 Å². The molecule has 1 unspecified atom stereocenters. The molecule has 4 rings (SSSR count). The summed E-state index contributed by atoms with van der Waals surface area (Å²) >= 11 is 0. The highest BCUT2D eigenvalue weighted by atomic mass is 16.6. The van der Waals surface area contributed by atoms with E-state index in [2.05, 4.69) is 20.2 Å². The van der Waals surface area contributed by atoms with Crippen LogP contribution in [0.2, 0.25) is 0 Å². The Labute approximate surface area is 164 Å². The second-order valence-electron chi connectivity index (χ2n) is 7.50. The number of nitrogens with one attached hydrogen (secondary N) is 1. The molecule has 2 fully saturated rings. The van der Waals surface area contributed by atoms with Crippen LogP contribution in [0.1, 0.15) is 25.0 Å². The summed E-state index contributed by atoms with van der Waals surface area (Å²) in [6, 6.07) is 9.32. The Hall–Kier alpha value is -2.58. The molecule has 1 aromatic heterocycles. The number of piperidine rings is 1. The quantitative estimate of drug-likeness (QED) is 0.626. The summed E-state index contributed by atoms with van der Waals surface area (Å²) in [5.74, 6) is 1.28. The molecule has 0 radical (unpaired) electrons. The Balaban J connectivity index is 1.44. The van der Waals surface area contributed by atoms with E-state index in [4.69, 9.17) is 4.74 Å². The van der Waals surface area contributed by atoms with Crippen molar-refractivity contribution in [1.29, 1.82) is 0 Å². The van der Waals surface area contributed by atoms with E-state index < -0.39 is 4.92 Å². The number of ether oxygens (including phenoxy) is 1. The fourth-order valence-electron chi connectivity index (χ4n) is 3.96. The third kappa shape index (κ3) is 4.28. The molecule has 3 heterocycles. The molecule has 8 heteroatoms. The Morgan fingerprint density at radius 3 is 2.75 bits per heavy atom. The van der Waals surface area contributed by atoms with Gasteiger partial charge in [0.1, 0.15) is 5.82 Å². The van der Waals surface area contributed by atoms with E-state index in [0.29, 0.717) is 23.5 Å². The minimum atomic E-state index is -0.401. The zero-order chi connectivity index (χ0) is 19.5. The normalized spacial score (nSPS) is 21.0. The number of likely N-dealkylation sites (tertiary alicyclic amines) is 1. The molecule has 0 aliphatic carbocycles. The Bertz CT molecular complexity index is 845. The minimum Gasteiger partial charge on any atom is -0.380 e. The molecule has 0 spiro atoms. The maximum atomic E-state index is 11.0. The van der Waals surface area contributed by atoms with Crippen LogP contribution in [0.25, 0.3) is 11.4 Å². The van der Waals surface area contributed by atoms with Crippen LogP contribution < -0.4 is 5.32 Å². The van der Waals surface area contributed by atoms with Crippen molar-refractivity contribution in [2.45, 2.75) is 38.3 Å². The first-order chi connectivity index (χ1) is 13.6. The van der Waals surface area contributed by atoms with Crippen molar-refractivity contribution in [3.63, 3.8) is 0 Å². The molecule has 0 bridgehead atoms. The minimum absolute atomic E-state index is 0.0420. The van der Waals surface area contributed by atoms with Gasteiger partial charge < -0.3 is 10.1 Å². The van der Waals surface area contributed by atoms with Crippen LogP contribution in [0.15, 0.2) is 30.3 Å². The third-order valence-electron chi connectivity index (χ3n) is 5.47. The maximum absolute atomic E-state index is 11.0. The van der Waals surface area contributed by atoms with Crippen LogP contribution in [0.5, 0.6) is 0 Å². The molecular weight excluding hydrogens is 358 g/mol. The lowest BCUT2D eigenvalue weighted by atomic mass is 10.0. The summed E-state index contributed by atoms with van der Waals surface area (Å²) < 4.78 is 5.51. The third-order valence-corrected chi connectivity index (χ3v) is 5.47. The van der Waals surface area contributed by atoms with Gasteiger partial charge in [-0.15, -0.1) is 0 Å². The van der Waals surface area contributed by atoms with Gasteiger partial charge in [-0.2, -0.15) is 0 Å². The second-order valence-corrected chi connectivity index (χ2v) is 7.50. The van der Waals surface area contributed by atoms with E-state index in [9.17, 15) is 10.1 Å². The number of hydrogen-bond acceptors (Lipinski definition) is 7. The SMILES string of the molecule is Cc1cc(NC2CCN(C3CCOC3)CC2)nc(-c2cccc([N+](=O)[O-])c2)n1. The highest BCUT2D eigenvalue weighted by Gasteiger charge is 2.27. The molecule has 1 atom stereocenters.